The normalized spacial score (nSPS) is 10.8. The minimum atomic E-state index is -1.22. The number of hydrogen-bond acceptors (Lipinski definition) is 4. The molecule has 24 heavy (non-hydrogen) atoms. The second-order valence-corrected chi connectivity index (χ2v) is 5.10. The number of phenols is 1. The van der Waals surface area contributed by atoms with E-state index in [-0.39, 0.29) is 11.3 Å². The van der Waals surface area contributed by atoms with Crippen molar-refractivity contribution in [2.45, 2.75) is 0 Å². The van der Waals surface area contributed by atoms with Crippen LogP contribution in [0.25, 0.3) is 11.1 Å². The van der Waals surface area contributed by atoms with E-state index in [0.29, 0.717) is 22.5 Å². The molecule has 0 amide bonds. The van der Waals surface area contributed by atoms with Crippen molar-refractivity contribution in [1.29, 1.82) is 0 Å². The maximum Gasteiger partial charge on any atom is 0.339 e. The molecular formula is C19H14N2O3. The number of carbonyl (C=O) groups is 1. The van der Waals surface area contributed by atoms with E-state index in [4.69, 9.17) is 0 Å². The molecule has 0 unspecified atom stereocenters. The van der Waals surface area contributed by atoms with Crippen LogP contribution in [0.1, 0.15) is 10.4 Å². The number of hydrogen-bond donors (Lipinski definition) is 2. The summed E-state index contributed by atoms with van der Waals surface area (Å²) in [6, 6.07) is 21.1. The quantitative estimate of drug-likeness (QED) is 0.651. The minimum absolute atomic E-state index is 0.210. The van der Waals surface area contributed by atoms with Gasteiger partial charge in [0.05, 0.1) is 11.4 Å². The molecule has 0 fully saturated rings. The molecule has 3 aromatic rings. The molecule has 0 bridgehead atoms. The lowest BCUT2D eigenvalue weighted by molar-refractivity contribution is 0.0694. The topological polar surface area (TPSA) is 82.2 Å². The lowest BCUT2D eigenvalue weighted by Crippen LogP contribution is -1.97. The Balaban J connectivity index is 2.09. The highest BCUT2D eigenvalue weighted by molar-refractivity contribution is 5.95. The molecule has 118 valence electrons. The molecule has 0 radical (unpaired) electrons. The zero-order valence-electron chi connectivity index (χ0n) is 12.6. The van der Waals surface area contributed by atoms with Crippen LogP contribution in [0, 0.1) is 0 Å². The summed E-state index contributed by atoms with van der Waals surface area (Å²) in [5, 5.41) is 27.8. The number of carboxylic acid groups (broad SMARTS) is 1. The van der Waals surface area contributed by atoms with Crippen LogP contribution in [0.5, 0.6) is 5.75 Å². The molecule has 0 aromatic heterocycles. The maximum atomic E-state index is 11.4. The fourth-order valence-corrected chi connectivity index (χ4v) is 2.29. The molecule has 3 aromatic carbocycles. The largest absolute Gasteiger partial charge is 0.506 e. The van der Waals surface area contributed by atoms with Gasteiger partial charge in [-0.3, -0.25) is 0 Å². The second kappa shape index (κ2) is 6.75. The van der Waals surface area contributed by atoms with Crippen molar-refractivity contribution >= 4 is 17.3 Å². The van der Waals surface area contributed by atoms with Gasteiger partial charge in [-0.1, -0.05) is 48.5 Å². The van der Waals surface area contributed by atoms with Crippen LogP contribution >= 0.6 is 0 Å². The third-order valence-electron chi connectivity index (χ3n) is 3.45. The Hall–Kier alpha value is -3.47. The molecule has 2 N–H and O–H groups in total. The first kappa shape index (κ1) is 15.4. The zero-order valence-corrected chi connectivity index (χ0v) is 12.6. The summed E-state index contributed by atoms with van der Waals surface area (Å²) in [7, 11) is 0. The van der Waals surface area contributed by atoms with Gasteiger partial charge in [-0.05, 0) is 29.8 Å². The average molecular weight is 318 g/mol. The highest BCUT2D eigenvalue weighted by atomic mass is 16.4. The minimum Gasteiger partial charge on any atom is -0.506 e. The number of azo groups is 1. The molecule has 5 heteroatoms. The van der Waals surface area contributed by atoms with Crippen LogP contribution in [0.4, 0.5) is 11.4 Å². The Morgan fingerprint density at radius 1 is 0.792 bits per heavy atom. The summed E-state index contributed by atoms with van der Waals surface area (Å²) in [5.74, 6) is -1.51. The Labute approximate surface area is 138 Å². The molecule has 3 rings (SSSR count). The number of carboxylic acids is 1. The van der Waals surface area contributed by atoms with E-state index in [1.165, 1.54) is 6.07 Å². The van der Waals surface area contributed by atoms with Gasteiger partial charge in [0, 0.05) is 5.56 Å². The van der Waals surface area contributed by atoms with E-state index in [1.807, 2.05) is 36.4 Å². The van der Waals surface area contributed by atoms with Gasteiger partial charge in [0.25, 0.3) is 0 Å². The molecule has 0 spiro atoms. The van der Waals surface area contributed by atoms with Crippen LogP contribution < -0.4 is 0 Å². The number of nitrogens with zero attached hydrogens (tertiary/aromatic N) is 2. The van der Waals surface area contributed by atoms with Crippen molar-refractivity contribution in [3.05, 3.63) is 78.4 Å². The van der Waals surface area contributed by atoms with Crippen molar-refractivity contribution in [3.8, 4) is 16.9 Å². The van der Waals surface area contributed by atoms with Gasteiger partial charge < -0.3 is 10.2 Å². The molecule has 0 aliphatic heterocycles. The Morgan fingerprint density at radius 2 is 1.38 bits per heavy atom. The second-order valence-electron chi connectivity index (χ2n) is 5.10. The third-order valence-corrected chi connectivity index (χ3v) is 3.45. The van der Waals surface area contributed by atoms with Crippen molar-refractivity contribution in [3.63, 3.8) is 0 Å². The van der Waals surface area contributed by atoms with E-state index in [1.54, 1.807) is 30.3 Å². The van der Waals surface area contributed by atoms with Crippen LogP contribution in [-0.2, 0) is 0 Å². The lowest BCUT2D eigenvalue weighted by Gasteiger charge is -2.09. The van der Waals surface area contributed by atoms with Crippen LogP contribution in [0.2, 0.25) is 0 Å². The smallest absolute Gasteiger partial charge is 0.339 e. The predicted octanol–water partition coefficient (Wildman–Crippen LogP) is 5.17. The maximum absolute atomic E-state index is 11.4. The SMILES string of the molecule is O=C(O)c1cc(N=Nc2ccccc2)cc(-c2ccccc2)c1O. The monoisotopic (exact) mass is 318 g/mol. The van der Waals surface area contributed by atoms with Crippen molar-refractivity contribution in [1.82, 2.24) is 0 Å². The summed E-state index contributed by atoms with van der Waals surface area (Å²) >= 11 is 0. The first-order valence-corrected chi connectivity index (χ1v) is 7.27. The van der Waals surface area contributed by atoms with Gasteiger partial charge in [0.2, 0.25) is 0 Å². The molecule has 0 atom stereocenters. The summed E-state index contributed by atoms with van der Waals surface area (Å²) in [5.41, 5.74) is 1.90. The summed E-state index contributed by atoms with van der Waals surface area (Å²) in [6.07, 6.45) is 0. The van der Waals surface area contributed by atoms with Gasteiger partial charge in [0.1, 0.15) is 11.3 Å². The Kier molecular flexibility index (Phi) is 4.34. The zero-order chi connectivity index (χ0) is 16.9. The predicted molar refractivity (Wildman–Crippen MR) is 91.1 cm³/mol. The van der Waals surface area contributed by atoms with Gasteiger partial charge >= 0.3 is 5.97 Å². The molecule has 5 nitrogen and oxygen atoms in total. The van der Waals surface area contributed by atoms with E-state index < -0.39 is 5.97 Å². The number of aromatic carboxylic acids is 1. The van der Waals surface area contributed by atoms with Crippen molar-refractivity contribution in [2.75, 3.05) is 0 Å². The number of rotatable bonds is 4. The van der Waals surface area contributed by atoms with Crippen LogP contribution in [0.15, 0.2) is 83.0 Å². The average Bonchev–Trinajstić information content (AvgIpc) is 2.62. The molecular weight excluding hydrogens is 304 g/mol. The van der Waals surface area contributed by atoms with Crippen molar-refractivity contribution < 1.29 is 15.0 Å². The van der Waals surface area contributed by atoms with E-state index >= 15 is 0 Å². The summed E-state index contributed by atoms with van der Waals surface area (Å²) < 4.78 is 0. The molecule has 0 saturated heterocycles. The van der Waals surface area contributed by atoms with Crippen LogP contribution in [0.3, 0.4) is 0 Å². The van der Waals surface area contributed by atoms with Gasteiger partial charge in [-0.25, -0.2) is 4.79 Å². The number of benzene rings is 3. The molecule has 0 saturated carbocycles. The van der Waals surface area contributed by atoms with E-state index in [9.17, 15) is 15.0 Å². The van der Waals surface area contributed by atoms with Gasteiger partial charge in [-0.15, -0.1) is 0 Å². The Morgan fingerprint density at radius 3 is 2.00 bits per heavy atom. The Bertz CT molecular complexity index is 891. The standard InChI is InChI=1S/C19H14N2O3/c22-18-16(13-7-3-1-4-8-13)11-15(12-17(18)19(23)24)21-20-14-9-5-2-6-10-14/h1-12,22H,(H,23,24). The third kappa shape index (κ3) is 3.30. The highest BCUT2D eigenvalue weighted by Gasteiger charge is 2.16. The van der Waals surface area contributed by atoms with E-state index in [0.717, 1.165) is 0 Å². The van der Waals surface area contributed by atoms with Crippen LogP contribution in [-0.4, -0.2) is 16.2 Å². The fraction of sp³-hybridized carbons (Fsp3) is 0. The molecule has 0 aliphatic rings. The van der Waals surface area contributed by atoms with Gasteiger partial charge in [0.15, 0.2) is 0 Å². The first-order chi connectivity index (χ1) is 11.6. The van der Waals surface area contributed by atoms with E-state index in [2.05, 4.69) is 10.2 Å². The number of aromatic hydroxyl groups is 1. The highest BCUT2D eigenvalue weighted by Crippen LogP contribution is 2.36. The molecule has 0 aliphatic carbocycles. The lowest BCUT2D eigenvalue weighted by atomic mass is 10.0. The van der Waals surface area contributed by atoms with Gasteiger partial charge in [-0.2, -0.15) is 10.2 Å². The summed E-state index contributed by atoms with van der Waals surface area (Å²) in [6.45, 7) is 0. The first-order valence-electron chi connectivity index (χ1n) is 7.27. The fourth-order valence-electron chi connectivity index (χ4n) is 2.29. The van der Waals surface area contributed by atoms with Crippen molar-refractivity contribution in [2.24, 2.45) is 10.2 Å². The summed E-state index contributed by atoms with van der Waals surface area (Å²) in [4.78, 5) is 11.4. The molecule has 0 heterocycles.